The summed E-state index contributed by atoms with van der Waals surface area (Å²) in [5.74, 6) is -8.63. The first-order valence-electron chi connectivity index (χ1n) is 11.2. The van der Waals surface area contributed by atoms with Crippen LogP contribution >= 0.6 is 31.9 Å². The molecule has 2 aliphatic carbocycles. The number of nitrogens with two attached hydrogens (primary N) is 2. The van der Waals surface area contributed by atoms with Crippen LogP contribution in [-0.2, 0) is 19.2 Å². The molecule has 194 valence electrons. The Morgan fingerprint density at radius 1 is 0.919 bits per heavy atom. The lowest BCUT2D eigenvalue weighted by molar-refractivity contribution is -0.138. The summed E-state index contributed by atoms with van der Waals surface area (Å²) in [5.41, 5.74) is 11.7. The number of urea groups is 2. The van der Waals surface area contributed by atoms with Gasteiger partial charge >= 0.3 is 12.1 Å². The third kappa shape index (κ3) is 3.38. The number of carbonyl (C=O) groups excluding carboxylic acids is 6. The number of fused-ring (bicyclic) bond motifs is 4. The highest BCUT2D eigenvalue weighted by Crippen LogP contribution is 2.59. The van der Waals surface area contributed by atoms with Crippen LogP contribution in [0.2, 0.25) is 0 Å². The van der Waals surface area contributed by atoms with E-state index in [1.807, 2.05) is 0 Å². The number of aromatic hydroxyl groups is 1. The van der Waals surface area contributed by atoms with Crippen molar-refractivity contribution in [3.63, 3.8) is 0 Å². The van der Waals surface area contributed by atoms with Gasteiger partial charge in [0.2, 0.25) is 23.6 Å². The van der Waals surface area contributed by atoms with Gasteiger partial charge in [0.1, 0.15) is 0 Å². The quantitative estimate of drug-likeness (QED) is 0.322. The number of phenolic OH excluding ortho intramolecular Hbond substituents is 1. The standard InChI is InChI=1S/C23H20Br2N4O8/c1-37-11-5-9(15(24)16(25)17(11)30)12-6-2-3-7-13(20(33)28(18(7)31)22(26)35)8(6)4-10-14(12)21(34)29(19(10)32)23(27)36/h2,5,7-8,10,12-14,30H,3-4H2,1H3,(H2,26,35)(H2,27,36). The normalized spacial score (nSPS) is 30.6. The molecule has 5 N–H and O–H groups in total. The lowest BCUT2D eigenvalue weighted by atomic mass is 9.57. The molecule has 6 atom stereocenters. The fourth-order valence-electron chi connectivity index (χ4n) is 6.36. The molecule has 5 rings (SSSR count). The monoisotopic (exact) mass is 638 g/mol. The number of allylic oxidation sites excluding steroid dienone is 2. The SMILES string of the molecule is COc1cc(C2C3=CCC4C(=O)N(C(N)=O)C(=O)C4C3CC3C(=O)N(C(N)=O)C(=O)C32)c(Br)c(Br)c1O. The number of hydrogen-bond acceptors (Lipinski definition) is 8. The molecule has 1 aromatic carbocycles. The molecular weight excluding hydrogens is 620 g/mol. The van der Waals surface area contributed by atoms with Crippen molar-refractivity contribution < 1.29 is 38.6 Å². The summed E-state index contributed by atoms with van der Waals surface area (Å²) >= 11 is 6.76. The highest BCUT2D eigenvalue weighted by atomic mass is 79.9. The van der Waals surface area contributed by atoms with E-state index in [1.54, 1.807) is 6.08 Å². The molecule has 1 saturated carbocycles. The Morgan fingerprint density at radius 3 is 2.05 bits per heavy atom. The zero-order valence-corrected chi connectivity index (χ0v) is 22.3. The van der Waals surface area contributed by atoms with Crippen LogP contribution in [-0.4, -0.2) is 57.7 Å². The van der Waals surface area contributed by atoms with Gasteiger partial charge < -0.3 is 21.3 Å². The average molecular weight is 640 g/mol. The molecule has 3 fully saturated rings. The maximum atomic E-state index is 13.4. The van der Waals surface area contributed by atoms with Gasteiger partial charge in [-0.25, -0.2) is 9.59 Å². The second kappa shape index (κ2) is 8.65. The predicted octanol–water partition coefficient (Wildman–Crippen LogP) is 1.72. The first kappa shape index (κ1) is 25.4. The number of rotatable bonds is 2. The number of methoxy groups -OCH3 is 1. The molecule has 0 bridgehead atoms. The van der Waals surface area contributed by atoms with Crippen LogP contribution in [0.4, 0.5) is 9.59 Å². The third-order valence-corrected chi connectivity index (χ3v) is 9.98. The van der Waals surface area contributed by atoms with Gasteiger partial charge in [-0.3, -0.25) is 19.2 Å². The summed E-state index contributed by atoms with van der Waals surface area (Å²) in [6.07, 6.45) is 1.84. The number of hydrogen-bond donors (Lipinski definition) is 3. The minimum atomic E-state index is -1.21. The molecule has 4 aliphatic rings. The zero-order valence-electron chi connectivity index (χ0n) is 19.1. The maximum Gasteiger partial charge on any atom is 0.328 e. The molecule has 6 unspecified atom stereocenters. The summed E-state index contributed by atoms with van der Waals surface area (Å²) in [5, 5.41) is 10.5. The third-order valence-electron chi connectivity index (χ3n) is 7.82. The number of ether oxygens (including phenoxy) is 1. The summed E-state index contributed by atoms with van der Waals surface area (Å²) in [4.78, 5) is 77.5. The highest BCUT2D eigenvalue weighted by molar-refractivity contribution is 9.13. The van der Waals surface area contributed by atoms with E-state index in [-0.39, 0.29) is 28.8 Å². The molecular formula is C23H20Br2N4O8. The van der Waals surface area contributed by atoms with Crippen LogP contribution in [0, 0.1) is 29.6 Å². The van der Waals surface area contributed by atoms with Gasteiger partial charge in [0.25, 0.3) is 0 Å². The van der Waals surface area contributed by atoms with Gasteiger partial charge in [-0.05, 0) is 62.2 Å². The fourth-order valence-corrected chi connectivity index (χ4v) is 7.34. The zero-order chi connectivity index (χ0) is 27.1. The Morgan fingerprint density at radius 2 is 1.49 bits per heavy atom. The van der Waals surface area contributed by atoms with Crippen LogP contribution in [0.15, 0.2) is 26.7 Å². The van der Waals surface area contributed by atoms with Crippen molar-refractivity contribution in [1.29, 1.82) is 0 Å². The second-order valence-electron chi connectivity index (χ2n) is 9.37. The van der Waals surface area contributed by atoms with Crippen LogP contribution < -0.4 is 16.2 Å². The van der Waals surface area contributed by atoms with Crippen molar-refractivity contribution >= 4 is 67.6 Å². The number of imide groups is 6. The van der Waals surface area contributed by atoms with Crippen LogP contribution in [0.3, 0.4) is 0 Å². The number of likely N-dealkylation sites (tertiary alicyclic amines) is 2. The summed E-state index contributed by atoms with van der Waals surface area (Å²) in [6.45, 7) is 0. The van der Waals surface area contributed by atoms with Gasteiger partial charge in [0.05, 0.1) is 35.3 Å². The minimum Gasteiger partial charge on any atom is -0.503 e. The average Bonchev–Trinajstić information content (AvgIpc) is 3.25. The molecule has 12 nitrogen and oxygen atoms in total. The topological polar surface area (TPSA) is 190 Å². The summed E-state index contributed by atoms with van der Waals surface area (Å²) < 4.78 is 5.89. The van der Waals surface area contributed by atoms with E-state index in [4.69, 9.17) is 16.2 Å². The molecule has 0 aromatic heterocycles. The Labute approximate surface area is 226 Å². The molecule has 37 heavy (non-hydrogen) atoms. The Kier molecular flexibility index (Phi) is 5.94. The maximum absolute atomic E-state index is 13.4. The lowest BCUT2D eigenvalue weighted by Crippen LogP contribution is -2.44. The number of amides is 8. The van der Waals surface area contributed by atoms with Crippen molar-refractivity contribution in [2.75, 3.05) is 7.11 Å². The highest BCUT2D eigenvalue weighted by Gasteiger charge is 2.63. The van der Waals surface area contributed by atoms with Gasteiger partial charge in [0, 0.05) is 10.4 Å². The van der Waals surface area contributed by atoms with Gasteiger partial charge in [-0.1, -0.05) is 11.6 Å². The number of halogens is 2. The molecule has 0 radical (unpaired) electrons. The van der Waals surface area contributed by atoms with Crippen LogP contribution in [0.1, 0.15) is 24.3 Å². The van der Waals surface area contributed by atoms with Crippen molar-refractivity contribution in [2.45, 2.75) is 18.8 Å². The molecule has 0 spiro atoms. The number of carbonyl (C=O) groups is 6. The first-order chi connectivity index (χ1) is 17.4. The Balaban J connectivity index is 1.72. The van der Waals surface area contributed by atoms with E-state index in [2.05, 4.69) is 31.9 Å². The van der Waals surface area contributed by atoms with Crippen molar-refractivity contribution in [1.82, 2.24) is 9.80 Å². The fraction of sp³-hybridized carbons (Fsp3) is 0.391. The van der Waals surface area contributed by atoms with E-state index in [1.165, 1.54) is 13.2 Å². The van der Waals surface area contributed by atoms with Gasteiger partial charge in [0.15, 0.2) is 11.5 Å². The Hall–Kier alpha value is -3.26. The van der Waals surface area contributed by atoms with E-state index >= 15 is 0 Å². The van der Waals surface area contributed by atoms with Gasteiger partial charge in [-0.2, -0.15) is 9.80 Å². The smallest absolute Gasteiger partial charge is 0.328 e. The van der Waals surface area contributed by atoms with Gasteiger partial charge in [-0.15, -0.1) is 0 Å². The molecule has 2 saturated heterocycles. The van der Waals surface area contributed by atoms with Crippen LogP contribution in [0.25, 0.3) is 0 Å². The number of nitrogens with zero attached hydrogens (tertiary/aromatic N) is 2. The number of phenols is 1. The molecule has 2 heterocycles. The van der Waals surface area contributed by atoms with E-state index in [0.29, 0.717) is 25.4 Å². The number of benzene rings is 1. The summed E-state index contributed by atoms with van der Waals surface area (Å²) in [6, 6.07) is -0.893. The van der Waals surface area contributed by atoms with Crippen molar-refractivity contribution in [2.24, 2.45) is 41.1 Å². The predicted molar refractivity (Wildman–Crippen MR) is 130 cm³/mol. The lowest BCUT2D eigenvalue weighted by Gasteiger charge is -2.44. The minimum absolute atomic E-state index is 0.0118. The number of primary amides is 2. The first-order valence-corrected chi connectivity index (χ1v) is 12.8. The molecule has 1 aromatic rings. The van der Waals surface area contributed by atoms with E-state index in [9.17, 15) is 33.9 Å². The van der Waals surface area contributed by atoms with Crippen molar-refractivity contribution in [3.8, 4) is 11.5 Å². The largest absolute Gasteiger partial charge is 0.503 e. The summed E-state index contributed by atoms with van der Waals surface area (Å²) in [7, 11) is 1.34. The van der Waals surface area contributed by atoms with Crippen LogP contribution in [0.5, 0.6) is 11.5 Å². The molecule has 2 aliphatic heterocycles. The second-order valence-corrected chi connectivity index (χ2v) is 11.0. The Bertz CT molecular complexity index is 1360. The molecule has 8 amide bonds. The molecule has 14 heteroatoms. The van der Waals surface area contributed by atoms with E-state index in [0.717, 1.165) is 0 Å². The van der Waals surface area contributed by atoms with Crippen molar-refractivity contribution in [3.05, 3.63) is 32.2 Å². The van der Waals surface area contributed by atoms with E-state index < -0.39 is 71.2 Å².